The highest BCUT2D eigenvalue weighted by Gasteiger charge is 2.23. The van der Waals surface area contributed by atoms with E-state index in [1.54, 1.807) is 17.2 Å². The zero-order chi connectivity index (χ0) is 32.0. The second-order valence-corrected chi connectivity index (χ2v) is 11.3. The van der Waals surface area contributed by atoms with Crippen molar-refractivity contribution in [2.24, 2.45) is 0 Å². The van der Waals surface area contributed by atoms with Crippen molar-refractivity contribution in [3.63, 3.8) is 0 Å². The van der Waals surface area contributed by atoms with Crippen molar-refractivity contribution in [2.45, 2.75) is 32.1 Å². The standard InChI is InChI=1S/C37H41N5O4/c43-35(39-20-18-29-12-4-1-5-13-29)27-41-22-10-3-11-23-46-34-17-9-8-16-33(34)42(32-24-31(37(41)45)25-38-26-32)28-36(44)40-21-19-30-14-6-2-7-15-30/h1-2,4-9,12-17,24-26H,3,10-11,18-23,27-28H2,(H,39,43)(H,40,44). The van der Waals surface area contributed by atoms with Crippen LogP contribution in [0.15, 0.2) is 103 Å². The zero-order valence-corrected chi connectivity index (χ0v) is 26.1. The summed E-state index contributed by atoms with van der Waals surface area (Å²) in [6.45, 7) is 1.85. The van der Waals surface area contributed by atoms with Crippen LogP contribution < -0.4 is 20.3 Å². The minimum Gasteiger partial charge on any atom is -0.491 e. The minimum atomic E-state index is -0.276. The first-order valence-corrected chi connectivity index (χ1v) is 15.9. The lowest BCUT2D eigenvalue weighted by Gasteiger charge is -2.28. The summed E-state index contributed by atoms with van der Waals surface area (Å²) < 4.78 is 6.21. The molecule has 3 aromatic carbocycles. The van der Waals surface area contributed by atoms with Gasteiger partial charge in [-0.2, -0.15) is 0 Å². The Hall–Kier alpha value is -5.18. The number of pyridine rings is 1. The summed E-state index contributed by atoms with van der Waals surface area (Å²) in [5.74, 6) is 0.00143. The minimum absolute atomic E-state index is 0.00201. The lowest BCUT2D eigenvalue weighted by molar-refractivity contribution is -0.122. The molecule has 4 aromatic rings. The number of hydrogen-bond donors (Lipinski definition) is 2. The number of benzene rings is 3. The highest BCUT2D eigenvalue weighted by Crippen LogP contribution is 2.34. The topological polar surface area (TPSA) is 104 Å². The molecule has 238 valence electrons. The molecule has 46 heavy (non-hydrogen) atoms. The molecule has 1 aliphatic rings. The molecular formula is C37H41N5O4. The molecule has 9 heteroatoms. The molecule has 0 spiro atoms. The fourth-order valence-electron chi connectivity index (χ4n) is 5.42. The summed E-state index contributed by atoms with van der Waals surface area (Å²) in [7, 11) is 0. The molecule has 0 atom stereocenters. The van der Waals surface area contributed by atoms with Crippen LogP contribution in [-0.4, -0.2) is 66.9 Å². The van der Waals surface area contributed by atoms with Crippen LogP contribution in [0.3, 0.4) is 0 Å². The molecule has 0 saturated carbocycles. The largest absolute Gasteiger partial charge is 0.491 e. The second kappa shape index (κ2) is 16.8. The van der Waals surface area contributed by atoms with Crippen LogP contribution in [0.2, 0.25) is 0 Å². The van der Waals surface area contributed by atoms with E-state index in [-0.39, 0.29) is 30.8 Å². The molecule has 1 aliphatic heterocycles. The number of nitrogens with one attached hydrogen (secondary N) is 2. The third-order valence-corrected chi connectivity index (χ3v) is 7.85. The van der Waals surface area contributed by atoms with Crippen LogP contribution in [0.5, 0.6) is 5.75 Å². The summed E-state index contributed by atoms with van der Waals surface area (Å²) in [5.41, 5.74) is 3.91. The van der Waals surface area contributed by atoms with Crippen molar-refractivity contribution < 1.29 is 19.1 Å². The van der Waals surface area contributed by atoms with E-state index in [0.717, 1.165) is 30.4 Å². The maximum Gasteiger partial charge on any atom is 0.255 e. The number of ether oxygens (including phenoxy) is 1. The van der Waals surface area contributed by atoms with Crippen molar-refractivity contribution in [3.8, 4) is 5.75 Å². The van der Waals surface area contributed by atoms with E-state index in [2.05, 4.69) is 15.6 Å². The Morgan fingerprint density at radius 2 is 1.37 bits per heavy atom. The Balaban J connectivity index is 1.33. The van der Waals surface area contributed by atoms with Crippen molar-refractivity contribution >= 4 is 29.1 Å². The fourth-order valence-corrected chi connectivity index (χ4v) is 5.42. The lowest BCUT2D eigenvalue weighted by atomic mass is 10.1. The average Bonchev–Trinajstić information content (AvgIpc) is 3.09. The van der Waals surface area contributed by atoms with Gasteiger partial charge in [-0.15, -0.1) is 0 Å². The van der Waals surface area contributed by atoms with Crippen LogP contribution >= 0.6 is 0 Å². The van der Waals surface area contributed by atoms with Gasteiger partial charge in [0.2, 0.25) is 11.8 Å². The van der Waals surface area contributed by atoms with Gasteiger partial charge in [0.15, 0.2) is 0 Å². The number of carbonyl (C=O) groups excluding carboxylic acids is 3. The van der Waals surface area contributed by atoms with E-state index in [4.69, 9.17) is 4.74 Å². The van der Waals surface area contributed by atoms with Gasteiger partial charge >= 0.3 is 0 Å². The Morgan fingerprint density at radius 3 is 2.07 bits per heavy atom. The summed E-state index contributed by atoms with van der Waals surface area (Å²) in [4.78, 5) is 47.8. The molecule has 3 amide bonds. The Kier molecular flexibility index (Phi) is 11.7. The predicted octanol–water partition coefficient (Wildman–Crippen LogP) is 4.94. The summed E-state index contributed by atoms with van der Waals surface area (Å²) in [6.07, 6.45) is 6.92. The van der Waals surface area contributed by atoms with Crippen LogP contribution in [0, 0.1) is 0 Å². The van der Waals surface area contributed by atoms with Gasteiger partial charge in [0.25, 0.3) is 5.91 Å². The SMILES string of the molecule is O=C(CN1CCCCCOc2ccccc2N(CC(=O)NCCc2ccccc2)c2cncc(c2)C1=O)NCCc1ccccc1. The number of carbonyl (C=O) groups is 3. The van der Waals surface area contributed by atoms with Gasteiger partial charge in [-0.05, 0) is 61.4 Å². The number of aromatic nitrogens is 1. The molecule has 1 aromatic heterocycles. The fraction of sp³-hybridized carbons (Fsp3) is 0.297. The molecule has 0 fully saturated rings. The summed E-state index contributed by atoms with van der Waals surface area (Å²) >= 11 is 0. The van der Waals surface area contributed by atoms with Crippen LogP contribution in [-0.2, 0) is 22.4 Å². The molecule has 9 nitrogen and oxygen atoms in total. The van der Waals surface area contributed by atoms with Crippen molar-refractivity contribution in [2.75, 3.05) is 44.2 Å². The zero-order valence-electron chi connectivity index (χ0n) is 26.1. The van der Waals surface area contributed by atoms with Gasteiger partial charge in [-0.1, -0.05) is 72.8 Å². The molecule has 0 unspecified atom stereocenters. The molecule has 2 N–H and O–H groups in total. The van der Waals surface area contributed by atoms with Crippen molar-refractivity contribution in [1.29, 1.82) is 0 Å². The van der Waals surface area contributed by atoms with Crippen molar-refractivity contribution in [3.05, 3.63) is 120 Å². The van der Waals surface area contributed by atoms with Crippen molar-refractivity contribution in [1.82, 2.24) is 20.5 Å². The molecule has 0 radical (unpaired) electrons. The Bertz CT molecular complexity index is 1580. The van der Waals surface area contributed by atoms with Crippen LogP contribution in [0.1, 0.15) is 40.7 Å². The van der Waals surface area contributed by atoms with E-state index in [1.807, 2.05) is 89.8 Å². The molecule has 2 bridgehead atoms. The van der Waals surface area contributed by atoms with E-state index in [1.165, 1.54) is 6.20 Å². The van der Waals surface area contributed by atoms with Gasteiger partial charge in [0, 0.05) is 25.8 Å². The van der Waals surface area contributed by atoms with Crippen LogP contribution in [0.25, 0.3) is 0 Å². The first-order valence-electron chi connectivity index (χ1n) is 15.9. The molecule has 5 rings (SSSR count). The smallest absolute Gasteiger partial charge is 0.255 e. The Labute approximate surface area is 270 Å². The van der Waals surface area contributed by atoms with Gasteiger partial charge in [0.05, 0.1) is 36.3 Å². The van der Waals surface area contributed by atoms with E-state index >= 15 is 0 Å². The predicted molar refractivity (Wildman–Crippen MR) is 179 cm³/mol. The normalized spacial score (nSPS) is 13.6. The third kappa shape index (κ3) is 9.41. The van der Waals surface area contributed by atoms with Gasteiger partial charge in [0.1, 0.15) is 12.3 Å². The van der Waals surface area contributed by atoms with E-state index in [0.29, 0.717) is 61.8 Å². The number of fused-ring (bicyclic) bond motifs is 3. The van der Waals surface area contributed by atoms with Gasteiger partial charge in [-0.3, -0.25) is 19.4 Å². The Morgan fingerprint density at radius 1 is 0.739 bits per heavy atom. The number of nitrogens with zero attached hydrogens (tertiary/aromatic N) is 3. The highest BCUT2D eigenvalue weighted by molar-refractivity contribution is 5.97. The molecule has 0 saturated heterocycles. The summed E-state index contributed by atoms with van der Waals surface area (Å²) in [6, 6.07) is 29.3. The second-order valence-electron chi connectivity index (χ2n) is 11.3. The summed E-state index contributed by atoms with van der Waals surface area (Å²) in [5, 5.41) is 5.98. The number of hydrogen-bond acceptors (Lipinski definition) is 6. The number of para-hydroxylation sites is 2. The highest BCUT2D eigenvalue weighted by atomic mass is 16.5. The molecule has 2 heterocycles. The van der Waals surface area contributed by atoms with E-state index < -0.39 is 0 Å². The lowest BCUT2D eigenvalue weighted by Crippen LogP contribution is -2.42. The van der Waals surface area contributed by atoms with E-state index in [9.17, 15) is 14.4 Å². The monoisotopic (exact) mass is 619 g/mol. The van der Waals surface area contributed by atoms with Crippen LogP contribution in [0.4, 0.5) is 11.4 Å². The molecular weight excluding hydrogens is 578 g/mol. The number of rotatable bonds is 10. The first kappa shape index (κ1) is 32.2. The van der Waals surface area contributed by atoms with Gasteiger partial charge < -0.3 is 25.2 Å². The third-order valence-electron chi connectivity index (χ3n) is 7.85. The maximum atomic E-state index is 13.8. The number of amides is 3. The number of anilines is 2. The average molecular weight is 620 g/mol. The quantitative estimate of drug-likeness (QED) is 0.261. The maximum absolute atomic E-state index is 13.8. The molecule has 0 aliphatic carbocycles. The first-order chi connectivity index (χ1) is 22.6. The van der Waals surface area contributed by atoms with Gasteiger partial charge in [-0.25, -0.2) is 0 Å².